The Labute approximate surface area is 88.7 Å². The molecule has 0 saturated heterocycles. The number of rotatable bonds is 5. The summed E-state index contributed by atoms with van der Waals surface area (Å²) >= 11 is 0. The fourth-order valence-electron chi connectivity index (χ4n) is 2.09. The topological polar surface area (TPSA) is 20.2 Å². The second kappa shape index (κ2) is 4.73. The molecule has 0 bridgehead atoms. The third-order valence-electron chi connectivity index (χ3n) is 3.13. The van der Waals surface area contributed by atoms with Crippen LogP contribution in [0.1, 0.15) is 51.9 Å². The molecule has 1 fully saturated rings. The van der Waals surface area contributed by atoms with Crippen molar-refractivity contribution < 1.29 is 18.3 Å². The van der Waals surface area contributed by atoms with Crippen molar-refractivity contribution in [3.05, 3.63) is 0 Å². The number of alkyl halides is 3. The average Bonchev–Trinajstić information content (AvgIpc) is 1.94. The molecule has 0 radical (unpaired) electrons. The number of halogens is 3. The highest BCUT2D eigenvalue weighted by molar-refractivity contribution is 4.81. The van der Waals surface area contributed by atoms with E-state index >= 15 is 0 Å². The van der Waals surface area contributed by atoms with Gasteiger partial charge in [0.25, 0.3) is 0 Å². The van der Waals surface area contributed by atoms with E-state index in [0.29, 0.717) is 12.3 Å². The van der Waals surface area contributed by atoms with E-state index in [1.54, 1.807) is 6.92 Å². The van der Waals surface area contributed by atoms with Crippen LogP contribution in [0, 0.1) is 5.92 Å². The van der Waals surface area contributed by atoms with Gasteiger partial charge in [0.15, 0.2) is 0 Å². The molecule has 0 spiro atoms. The monoisotopic (exact) mass is 224 g/mol. The van der Waals surface area contributed by atoms with Crippen molar-refractivity contribution in [1.29, 1.82) is 0 Å². The van der Waals surface area contributed by atoms with Crippen LogP contribution >= 0.6 is 0 Å². The summed E-state index contributed by atoms with van der Waals surface area (Å²) in [5, 5.41) is 9.88. The summed E-state index contributed by atoms with van der Waals surface area (Å²) in [6, 6.07) is 0. The van der Waals surface area contributed by atoms with E-state index in [1.807, 2.05) is 0 Å². The van der Waals surface area contributed by atoms with Crippen LogP contribution in [0.4, 0.5) is 13.2 Å². The van der Waals surface area contributed by atoms with Crippen molar-refractivity contribution in [2.24, 2.45) is 5.92 Å². The van der Waals surface area contributed by atoms with Gasteiger partial charge in [-0.25, -0.2) is 0 Å². The first kappa shape index (κ1) is 12.8. The van der Waals surface area contributed by atoms with Gasteiger partial charge in [-0.15, -0.1) is 0 Å². The maximum absolute atomic E-state index is 11.9. The summed E-state index contributed by atoms with van der Waals surface area (Å²) in [5.41, 5.74) is -0.906. The molecular formula is C11H19F3O. The third-order valence-corrected chi connectivity index (χ3v) is 3.13. The molecule has 1 nitrogen and oxygen atoms in total. The summed E-state index contributed by atoms with van der Waals surface area (Å²) in [7, 11) is 0. The highest BCUT2D eigenvalue weighted by Crippen LogP contribution is 2.36. The Hall–Kier alpha value is -0.250. The standard InChI is InChI=1S/C11H19F3O/c1-10(15,8-9-4-2-5-9)6-3-7-11(12,13)14/h9,15H,2-8H2,1H3. The second-order valence-electron chi connectivity index (χ2n) is 4.97. The predicted molar refractivity (Wildman–Crippen MR) is 52.5 cm³/mol. The molecule has 1 aliphatic carbocycles. The molecule has 1 rings (SSSR count). The van der Waals surface area contributed by atoms with Gasteiger partial charge in [-0.1, -0.05) is 19.3 Å². The lowest BCUT2D eigenvalue weighted by molar-refractivity contribution is -0.138. The van der Waals surface area contributed by atoms with E-state index in [2.05, 4.69) is 0 Å². The Balaban J connectivity index is 2.17. The van der Waals surface area contributed by atoms with E-state index in [0.717, 1.165) is 12.8 Å². The lowest BCUT2D eigenvalue weighted by Gasteiger charge is -2.33. The molecule has 0 heterocycles. The minimum absolute atomic E-state index is 0.0310. The molecule has 90 valence electrons. The SMILES string of the molecule is CC(O)(CCCC(F)(F)F)CC1CCC1. The fourth-order valence-corrected chi connectivity index (χ4v) is 2.09. The van der Waals surface area contributed by atoms with Crippen molar-refractivity contribution in [3.8, 4) is 0 Å². The number of aliphatic hydroxyl groups is 1. The Morgan fingerprint density at radius 1 is 1.20 bits per heavy atom. The van der Waals surface area contributed by atoms with Crippen molar-refractivity contribution >= 4 is 0 Å². The van der Waals surface area contributed by atoms with Gasteiger partial charge in [-0.05, 0) is 32.1 Å². The molecule has 0 aromatic carbocycles. The summed E-state index contributed by atoms with van der Waals surface area (Å²) in [6.07, 6.45) is -0.494. The van der Waals surface area contributed by atoms with Gasteiger partial charge in [0.1, 0.15) is 0 Å². The van der Waals surface area contributed by atoms with Crippen LogP contribution in [-0.2, 0) is 0 Å². The average molecular weight is 224 g/mol. The highest BCUT2D eigenvalue weighted by atomic mass is 19.4. The van der Waals surface area contributed by atoms with Crippen molar-refractivity contribution in [1.82, 2.24) is 0 Å². The highest BCUT2D eigenvalue weighted by Gasteiger charge is 2.31. The van der Waals surface area contributed by atoms with Crippen LogP contribution in [0.25, 0.3) is 0 Å². The van der Waals surface area contributed by atoms with Crippen LogP contribution in [0.3, 0.4) is 0 Å². The van der Waals surface area contributed by atoms with Crippen LogP contribution in [0.5, 0.6) is 0 Å². The van der Waals surface area contributed by atoms with E-state index in [1.165, 1.54) is 6.42 Å². The van der Waals surface area contributed by atoms with Crippen LogP contribution < -0.4 is 0 Å². The number of hydrogen-bond donors (Lipinski definition) is 1. The Morgan fingerprint density at radius 2 is 1.80 bits per heavy atom. The maximum atomic E-state index is 11.9. The summed E-state index contributed by atoms with van der Waals surface area (Å²) < 4.78 is 35.7. The quantitative estimate of drug-likeness (QED) is 0.755. The van der Waals surface area contributed by atoms with E-state index in [-0.39, 0.29) is 12.8 Å². The zero-order valence-corrected chi connectivity index (χ0v) is 9.11. The molecule has 4 heteroatoms. The van der Waals surface area contributed by atoms with Gasteiger partial charge in [0.05, 0.1) is 5.60 Å². The van der Waals surface area contributed by atoms with Crippen molar-refractivity contribution in [2.45, 2.75) is 63.6 Å². The van der Waals surface area contributed by atoms with E-state index in [9.17, 15) is 18.3 Å². The lowest BCUT2D eigenvalue weighted by Crippen LogP contribution is -2.30. The summed E-state index contributed by atoms with van der Waals surface area (Å²) in [5.74, 6) is 0.533. The minimum atomic E-state index is -4.09. The molecular weight excluding hydrogens is 205 g/mol. The maximum Gasteiger partial charge on any atom is 0.389 e. The molecule has 0 aliphatic heterocycles. The molecule has 0 aromatic heterocycles. The van der Waals surface area contributed by atoms with Crippen molar-refractivity contribution in [3.63, 3.8) is 0 Å². The van der Waals surface area contributed by atoms with Crippen LogP contribution in [0.2, 0.25) is 0 Å². The van der Waals surface area contributed by atoms with Gasteiger partial charge < -0.3 is 5.11 Å². The first-order chi connectivity index (χ1) is 6.79. The lowest BCUT2D eigenvalue weighted by atomic mass is 9.76. The number of hydrogen-bond acceptors (Lipinski definition) is 1. The van der Waals surface area contributed by atoms with Gasteiger partial charge in [-0.3, -0.25) is 0 Å². The Kier molecular flexibility index (Phi) is 4.04. The first-order valence-corrected chi connectivity index (χ1v) is 5.58. The van der Waals surface area contributed by atoms with Crippen molar-refractivity contribution in [2.75, 3.05) is 0 Å². The molecule has 0 amide bonds. The van der Waals surface area contributed by atoms with Gasteiger partial charge in [0.2, 0.25) is 0 Å². The zero-order chi connectivity index (χ0) is 11.5. The van der Waals surface area contributed by atoms with Gasteiger partial charge >= 0.3 is 6.18 Å². The first-order valence-electron chi connectivity index (χ1n) is 5.58. The Morgan fingerprint density at radius 3 is 2.20 bits per heavy atom. The van der Waals surface area contributed by atoms with E-state index in [4.69, 9.17) is 0 Å². The van der Waals surface area contributed by atoms with Crippen LogP contribution in [0.15, 0.2) is 0 Å². The molecule has 1 aliphatic rings. The summed E-state index contributed by atoms with van der Waals surface area (Å²) in [4.78, 5) is 0. The second-order valence-corrected chi connectivity index (χ2v) is 4.97. The Bertz CT molecular complexity index is 194. The molecule has 1 N–H and O–H groups in total. The molecule has 15 heavy (non-hydrogen) atoms. The largest absolute Gasteiger partial charge is 0.390 e. The zero-order valence-electron chi connectivity index (χ0n) is 9.11. The molecule has 1 saturated carbocycles. The molecule has 1 atom stereocenters. The molecule has 1 unspecified atom stereocenters. The van der Waals surface area contributed by atoms with Gasteiger partial charge in [0, 0.05) is 6.42 Å². The normalized spacial score (nSPS) is 22.2. The molecule has 0 aromatic rings. The van der Waals surface area contributed by atoms with Gasteiger partial charge in [-0.2, -0.15) is 13.2 Å². The van der Waals surface area contributed by atoms with E-state index < -0.39 is 18.2 Å². The van der Waals surface area contributed by atoms with Crippen LogP contribution in [-0.4, -0.2) is 16.9 Å². The fraction of sp³-hybridized carbons (Fsp3) is 1.00. The third kappa shape index (κ3) is 5.40. The predicted octanol–water partition coefficient (Wildman–Crippen LogP) is 3.66. The summed E-state index contributed by atoms with van der Waals surface area (Å²) in [6.45, 7) is 1.65. The minimum Gasteiger partial charge on any atom is -0.390 e. The smallest absolute Gasteiger partial charge is 0.389 e.